The van der Waals surface area contributed by atoms with Crippen LogP contribution < -0.4 is 10.6 Å². The Kier molecular flexibility index (Phi) is 5.20. The fourth-order valence-corrected chi connectivity index (χ4v) is 10.1. The molecule has 0 aliphatic carbocycles. The summed E-state index contributed by atoms with van der Waals surface area (Å²) in [6.07, 6.45) is 0. The van der Waals surface area contributed by atoms with Gasteiger partial charge in [-0.15, -0.1) is 0 Å². The molecule has 1 unspecified atom stereocenters. The Labute approximate surface area is 263 Å². The van der Waals surface area contributed by atoms with E-state index in [0.29, 0.717) is 0 Å². The highest BCUT2D eigenvalue weighted by molar-refractivity contribution is 7.77. The van der Waals surface area contributed by atoms with E-state index in [4.69, 9.17) is 9.97 Å². The van der Waals surface area contributed by atoms with Gasteiger partial charge in [0.25, 0.3) is 0 Å². The molecule has 4 heterocycles. The van der Waals surface area contributed by atoms with Gasteiger partial charge in [-0.2, -0.15) is 0 Å². The smallest absolute Gasteiger partial charge is 0.234 e. The third kappa shape index (κ3) is 3.38. The second kappa shape index (κ2) is 9.37. The molecule has 6 heteroatoms. The Morgan fingerprint density at radius 3 is 1.80 bits per heavy atom. The number of nitrogens with zero attached hydrogens (tertiary/aromatic N) is 4. The van der Waals surface area contributed by atoms with Crippen LogP contribution in [0, 0.1) is 0 Å². The minimum atomic E-state index is -3.43. The van der Waals surface area contributed by atoms with Gasteiger partial charge in [-0.25, -0.2) is 9.97 Å². The second-order valence-corrected chi connectivity index (χ2v) is 14.4. The van der Waals surface area contributed by atoms with Crippen LogP contribution in [0.2, 0.25) is 0 Å². The number of rotatable bonds is 3. The highest BCUT2D eigenvalue weighted by atomic mass is 31.2. The summed E-state index contributed by atoms with van der Waals surface area (Å²) in [6, 6.07) is 51.3. The quantitative estimate of drug-likeness (QED) is 0.114. The molecule has 0 fully saturated rings. The van der Waals surface area contributed by atoms with E-state index in [0.717, 1.165) is 81.8 Å². The molecule has 0 radical (unpaired) electrons. The van der Waals surface area contributed by atoms with Crippen molar-refractivity contribution in [3.63, 3.8) is 0 Å². The summed E-state index contributed by atoms with van der Waals surface area (Å²) in [4.78, 5) is 10.3. The lowest BCUT2D eigenvalue weighted by molar-refractivity contribution is 0.583. The van der Waals surface area contributed by atoms with Crippen LogP contribution in [0.3, 0.4) is 0 Å². The van der Waals surface area contributed by atoms with E-state index in [2.05, 4.69) is 87.6 Å². The van der Waals surface area contributed by atoms with Crippen LogP contribution in [-0.2, 0) is 4.57 Å². The number of para-hydroxylation sites is 5. The first-order valence-corrected chi connectivity index (χ1v) is 17.0. The number of aromatic nitrogens is 4. The zero-order chi connectivity index (χ0) is 30.4. The van der Waals surface area contributed by atoms with Crippen molar-refractivity contribution in [3.8, 4) is 0 Å². The van der Waals surface area contributed by atoms with Gasteiger partial charge in [-0.1, -0.05) is 84.9 Å². The first kappa shape index (κ1) is 25.5. The minimum absolute atomic E-state index is 0.754. The Bertz CT molecular complexity index is 2850. The summed E-state index contributed by atoms with van der Waals surface area (Å²) in [5.41, 5.74) is 7.59. The summed E-state index contributed by atoms with van der Waals surface area (Å²) < 4.78 is 20.4. The van der Waals surface area contributed by atoms with Crippen molar-refractivity contribution in [1.82, 2.24) is 18.7 Å². The Balaban J connectivity index is 1.32. The SMILES string of the molecule is O=P(c1ccccc1)(c1ccc2nc3c4ccccc4n4c5ccccc5nc4c3cc2c1)n1c2ccccc2c2ccccc21. The molecule has 10 rings (SSSR count). The maximum absolute atomic E-state index is 16.0. The molecule has 5 nitrogen and oxygen atoms in total. The largest absolute Gasteiger partial charge is 0.292 e. The molecule has 0 amide bonds. The van der Waals surface area contributed by atoms with Crippen LogP contribution in [0.15, 0.2) is 152 Å². The highest BCUT2D eigenvalue weighted by Gasteiger charge is 2.33. The lowest BCUT2D eigenvalue weighted by Crippen LogP contribution is -2.21. The van der Waals surface area contributed by atoms with Crippen molar-refractivity contribution in [2.75, 3.05) is 0 Å². The minimum Gasteiger partial charge on any atom is -0.292 e. The summed E-state index contributed by atoms with van der Waals surface area (Å²) in [5, 5.41) is 6.66. The fraction of sp³-hybridized carbons (Fsp3) is 0. The van der Waals surface area contributed by atoms with E-state index in [1.165, 1.54) is 0 Å². The Hall–Kier alpha value is -5.77. The molecule has 0 aliphatic rings. The van der Waals surface area contributed by atoms with Crippen LogP contribution in [0.1, 0.15) is 0 Å². The van der Waals surface area contributed by atoms with Gasteiger partial charge in [0.2, 0.25) is 7.29 Å². The van der Waals surface area contributed by atoms with E-state index in [-0.39, 0.29) is 0 Å². The molecular weight excluding hydrogens is 583 g/mol. The van der Waals surface area contributed by atoms with Gasteiger partial charge < -0.3 is 0 Å². The molecule has 6 aromatic carbocycles. The molecule has 0 N–H and O–H groups in total. The van der Waals surface area contributed by atoms with Crippen LogP contribution in [-0.4, -0.2) is 18.7 Å². The third-order valence-electron chi connectivity index (χ3n) is 9.29. The average Bonchev–Trinajstić information content (AvgIpc) is 3.68. The van der Waals surface area contributed by atoms with Gasteiger partial charge >= 0.3 is 0 Å². The van der Waals surface area contributed by atoms with E-state index < -0.39 is 7.29 Å². The average molecular weight is 609 g/mol. The van der Waals surface area contributed by atoms with Gasteiger partial charge in [0, 0.05) is 37.5 Å². The number of fused-ring (bicyclic) bond motifs is 12. The Morgan fingerprint density at radius 1 is 0.457 bits per heavy atom. The topological polar surface area (TPSA) is 52.2 Å². The zero-order valence-electron chi connectivity index (χ0n) is 24.6. The maximum atomic E-state index is 16.0. The fourth-order valence-electron chi connectivity index (χ4n) is 7.26. The lowest BCUT2D eigenvalue weighted by atomic mass is 10.1. The first-order chi connectivity index (χ1) is 22.7. The predicted octanol–water partition coefficient (Wildman–Crippen LogP) is 9.23. The van der Waals surface area contributed by atoms with E-state index >= 15 is 4.57 Å². The molecule has 0 bridgehead atoms. The molecule has 10 aromatic rings. The van der Waals surface area contributed by atoms with Gasteiger partial charge in [0.15, 0.2) is 0 Å². The number of hydrogen-bond acceptors (Lipinski definition) is 3. The van der Waals surface area contributed by atoms with Gasteiger partial charge in [-0.05, 0) is 66.7 Å². The number of pyridine rings is 2. The van der Waals surface area contributed by atoms with Crippen LogP contribution >= 0.6 is 7.29 Å². The number of hydrogen-bond donors (Lipinski definition) is 0. The van der Waals surface area contributed by atoms with Crippen molar-refractivity contribution in [2.24, 2.45) is 0 Å². The first-order valence-electron chi connectivity index (χ1n) is 15.4. The molecule has 0 aliphatic heterocycles. The summed E-state index contributed by atoms with van der Waals surface area (Å²) >= 11 is 0. The molecular formula is C40H25N4OP. The van der Waals surface area contributed by atoms with Gasteiger partial charge in [-0.3, -0.25) is 13.3 Å². The normalized spacial score (nSPS) is 13.5. The predicted molar refractivity (Wildman–Crippen MR) is 191 cm³/mol. The van der Waals surface area contributed by atoms with E-state index in [1.807, 2.05) is 72.8 Å². The Morgan fingerprint density at radius 2 is 1.07 bits per heavy atom. The van der Waals surface area contributed by atoms with Crippen molar-refractivity contribution in [2.45, 2.75) is 0 Å². The van der Waals surface area contributed by atoms with Crippen molar-refractivity contribution < 1.29 is 4.57 Å². The second-order valence-electron chi connectivity index (χ2n) is 11.8. The molecule has 0 spiro atoms. The van der Waals surface area contributed by atoms with E-state index in [1.54, 1.807) is 0 Å². The summed E-state index contributed by atoms with van der Waals surface area (Å²) in [5.74, 6) is 0. The number of imidazole rings is 1. The monoisotopic (exact) mass is 608 g/mol. The van der Waals surface area contributed by atoms with Gasteiger partial charge in [0.05, 0.1) is 38.6 Å². The summed E-state index contributed by atoms with van der Waals surface area (Å²) in [7, 11) is -3.43. The van der Waals surface area contributed by atoms with Gasteiger partial charge in [0.1, 0.15) is 5.65 Å². The van der Waals surface area contributed by atoms with Crippen LogP contribution in [0.25, 0.3) is 71.2 Å². The third-order valence-corrected chi connectivity index (χ3v) is 12.3. The molecule has 0 saturated heterocycles. The molecule has 1 atom stereocenters. The lowest BCUT2D eigenvalue weighted by Gasteiger charge is -2.23. The standard InChI is InChI=1S/C40H25N4OP/c45-46(27-12-2-1-3-13-27,44-36-19-9-4-14-29(36)30-15-5-10-20-37(30)44)28-22-23-33-26(24-28)25-32-39(41-33)31-16-6-8-18-35(31)43-38-21-11-7-17-34(38)42-40(32)43/h1-25H. The molecule has 4 aromatic heterocycles. The molecule has 216 valence electrons. The van der Waals surface area contributed by atoms with E-state index in [9.17, 15) is 0 Å². The van der Waals surface area contributed by atoms with Crippen LogP contribution in [0.4, 0.5) is 0 Å². The van der Waals surface area contributed by atoms with Crippen molar-refractivity contribution >= 4 is 89.1 Å². The molecule has 46 heavy (non-hydrogen) atoms. The van der Waals surface area contributed by atoms with Crippen molar-refractivity contribution in [1.29, 1.82) is 0 Å². The van der Waals surface area contributed by atoms with Crippen LogP contribution in [0.5, 0.6) is 0 Å². The molecule has 0 saturated carbocycles. The van der Waals surface area contributed by atoms with Crippen molar-refractivity contribution in [3.05, 3.63) is 152 Å². The number of benzene rings is 6. The zero-order valence-corrected chi connectivity index (χ0v) is 25.5. The maximum Gasteiger partial charge on any atom is 0.234 e. The highest BCUT2D eigenvalue weighted by Crippen LogP contribution is 2.51. The summed E-state index contributed by atoms with van der Waals surface area (Å²) in [6.45, 7) is 0.